The molecular weight excluding hydrogens is 753 g/mol. The molecule has 2 heterocycles. The van der Waals surface area contributed by atoms with Crippen molar-refractivity contribution in [2.45, 2.75) is 162 Å². The maximum Gasteiger partial charge on any atom is 0.197 e. The Hall–Kier alpha value is -2.00. The van der Waals surface area contributed by atoms with Crippen LogP contribution in [-0.2, 0) is 13.6 Å². The Kier molecular flexibility index (Phi) is 18.3. The zero-order chi connectivity index (χ0) is 39.2. The molecular formula is C47H66N2O2S4. The van der Waals surface area contributed by atoms with Crippen LogP contribution in [-0.4, -0.2) is 33.2 Å². The van der Waals surface area contributed by atoms with Crippen LogP contribution in [0.5, 0.6) is 0 Å². The Balaban J connectivity index is 1.64. The molecule has 0 spiro atoms. The maximum atomic E-state index is 14.8. The lowest BCUT2D eigenvalue weighted by atomic mass is 10.0. The molecule has 0 fully saturated rings. The van der Waals surface area contributed by atoms with Crippen molar-refractivity contribution in [1.82, 2.24) is 9.13 Å². The van der Waals surface area contributed by atoms with Gasteiger partial charge in [-0.3, -0.25) is 9.59 Å². The second kappa shape index (κ2) is 22.8. The van der Waals surface area contributed by atoms with Gasteiger partial charge in [0.15, 0.2) is 10.9 Å². The first-order valence-electron chi connectivity index (χ1n) is 21.4. The maximum absolute atomic E-state index is 14.8. The average Bonchev–Trinajstić information content (AvgIpc) is 3.20. The van der Waals surface area contributed by atoms with Crippen molar-refractivity contribution in [3.8, 4) is 0 Å². The predicted molar refractivity (Wildman–Crippen MR) is 251 cm³/mol. The fourth-order valence-electron chi connectivity index (χ4n) is 7.99. The summed E-state index contributed by atoms with van der Waals surface area (Å²) in [6.07, 6.45) is 26.7. The van der Waals surface area contributed by atoms with Gasteiger partial charge in [0.1, 0.15) is 0 Å². The van der Waals surface area contributed by atoms with E-state index in [4.69, 9.17) is 0 Å². The van der Waals surface area contributed by atoms with Gasteiger partial charge in [0, 0.05) is 54.7 Å². The van der Waals surface area contributed by atoms with Gasteiger partial charge in [0.25, 0.3) is 0 Å². The summed E-state index contributed by atoms with van der Waals surface area (Å²) < 4.78 is 4.59. The summed E-state index contributed by atoms with van der Waals surface area (Å²) in [5, 5.41) is 2.99. The van der Waals surface area contributed by atoms with Crippen molar-refractivity contribution in [3.05, 3.63) is 56.8 Å². The molecule has 0 unspecified atom stereocenters. The number of benzene rings is 3. The van der Waals surface area contributed by atoms with Gasteiger partial charge in [-0.1, -0.05) is 117 Å². The normalized spacial score (nSPS) is 12.0. The number of aryl methyl sites for hydroxylation is 2. The molecule has 0 aliphatic rings. The van der Waals surface area contributed by atoms with E-state index in [1.54, 1.807) is 23.5 Å². The Bertz CT molecular complexity index is 2140. The van der Waals surface area contributed by atoms with E-state index in [0.717, 1.165) is 73.5 Å². The second-order valence-electron chi connectivity index (χ2n) is 15.3. The summed E-state index contributed by atoms with van der Waals surface area (Å²) in [7, 11) is 2.10. The van der Waals surface area contributed by atoms with Crippen LogP contribution in [0.4, 0.5) is 0 Å². The van der Waals surface area contributed by atoms with Gasteiger partial charge in [-0.15, -0.1) is 47.0 Å². The third-order valence-corrected chi connectivity index (χ3v) is 14.8. The molecule has 0 atom stereocenters. The SMILES string of the molecule is CCCCCCCCSc1cc(SCCCCCCCC)c2c(c1)c(=O)c1cc3c(cc1n2C)c(=O)c1cc(SC)cc(SC)c1n3CCCCCCCC. The van der Waals surface area contributed by atoms with Crippen LogP contribution < -0.4 is 10.9 Å². The molecule has 2 aromatic heterocycles. The van der Waals surface area contributed by atoms with Crippen LogP contribution in [0.2, 0.25) is 0 Å². The number of nitrogens with zero attached hydrogens (tertiary/aromatic N) is 2. The number of thioether (sulfide) groups is 4. The zero-order valence-electron chi connectivity index (χ0n) is 34.7. The molecule has 0 N–H and O–H groups in total. The summed E-state index contributed by atoms with van der Waals surface area (Å²) in [5.41, 5.74) is 3.87. The van der Waals surface area contributed by atoms with Crippen molar-refractivity contribution < 1.29 is 0 Å². The molecule has 0 saturated heterocycles. The highest BCUT2D eigenvalue weighted by molar-refractivity contribution is 8.00. The van der Waals surface area contributed by atoms with Gasteiger partial charge in [0.05, 0.1) is 22.1 Å². The van der Waals surface area contributed by atoms with E-state index in [1.807, 2.05) is 29.6 Å². The summed E-state index contributed by atoms with van der Waals surface area (Å²) in [6.45, 7) is 7.62. The van der Waals surface area contributed by atoms with Crippen LogP contribution in [0.15, 0.2) is 65.6 Å². The Morgan fingerprint density at radius 2 is 0.964 bits per heavy atom. The molecule has 0 radical (unpaired) electrons. The molecule has 8 heteroatoms. The van der Waals surface area contributed by atoms with Crippen molar-refractivity contribution in [3.63, 3.8) is 0 Å². The minimum absolute atomic E-state index is 0.0592. The van der Waals surface area contributed by atoms with E-state index in [1.165, 1.54) is 113 Å². The van der Waals surface area contributed by atoms with E-state index in [0.29, 0.717) is 10.8 Å². The van der Waals surface area contributed by atoms with Crippen LogP contribution in [0, 0.1) is 0 Å². The fourth-order valence-corrected chi connectivity index (χ4v) is 11.4. The van der Waals surface area contributed by atoms with Crippen molar-refractivity contribution in [2.75, 3.05) is 24.0 Å². The molecule has 55 heavy (non-hydrogen) atoms. The number of unbranched alkanes of at least 4 members (excludes halogenated alkanes) is 15. The third kappa shape index (κ3) is 11.1. The highest BCUT2D eigenvalue weighted by Crippen LogP contribution is 2.37. The van der Waals surface area contributed by atoms with Crippen LogP contribution in [0.3, 0.4) is 0 Å². The highest BCUT2D eigenvalue weighted by Gasteiger charge is 2.20. The third-order valence-electron chi connectivity index (χ3n) is 11.2. The first-order chi connectivity index (χ1) is 26.9. The summed E-state index contributed by atoms with van der Waals surface area (Å²) in [6, 6.07) is 12.9. The van der Waals surface area contributed by atoms with Gasteiger partial charge in [-0.05, 0) is 79.7 Å². The van der Waals surface area contributed by atoms with Gasteiger partial charge < -0.3 is 9.13 Å². The van der Waals surface area contributed by atoms with Crippen molar-refractivity contribution in [2.24, 2.45) is 7.05 Å². The highest BCUT2D eigenvalue weighted by atomic mass is 32.2. The van der Waals surface area contributed by atoms with E-state index < -0.39 is 0 Å². The van der Waals surface area contributed by atoms with Gasteiger partial charge in [0.2, 0.25) is 0 Å². The number of pyridine rings is 2. The molecule has 0 saturated carbocycles. The number of aromatic nitrogens is 2. The van der Waals surface area contributed by atoms with Crippen molar-refractivity contribution in [1.29, 1.82) is 0 Å². The largest absolute Gasteiger partial charge is 0.342 e. The lowest BCUT2D eigenvalue weighted by Gasteiger charge is -2.20. The monoisotopic (exact) mass is 818 g/mol. The van der Waals surface area contributed by atoms with Gasteiger partial charge >= 0.3 is 0 Å². The van der Waals surface area contributed by atoms with Crippen LogP contribution in [0.1, 0.15) is 136 Å². The first kappa shape index (κ1) is 44.1. The van der Waals surface area contributed by atoms with E-state index >= 15 is 0 Å². The average molecular weight is 819 g/mol. The molecule has 0 aliphatic heterocycles. The minimum Gasteiger partial charge on any atom is -0.342 e. The lowest BCUT2D eigenvalue weighted by molar-refractivity contribution is 0.569. The summed E-state index contributed by atoms with van der Waals surface area (Å²) in [5.74, 6) is 2.12. The Morgan fingerprint density at radius 1 is 0.473 bits per heavy atom. The molecule has 5 rings (SSSR count). The molecule has 0 bridgehead atoms. The fraction of sp³-hybridized carbons (Fsp3) is 0.574. The Labute approximate surface area is 348 Å². The topological polar surface area (TPSA) is 44.0 Å². The van der Waals surface area contributed by atoms with Gasteiger partial charge in [-0.2, -0.15) is 0 Å². The number of hydrogen-bond acceptors (Lipinski definition) is 6. The van der Waals surface area contributed by atoms with Gasteiger partial charge in [-0.25, -0.2) is 0 Å². The van der Waals surface area contributed by atoms with E-state index in [9.17, 15) is 9.59 Å². The molecule has 5 aromatic rings. The smallest absolute Gasteiger partial charge is 0.197 e. The first-order valence-corrected chi connectivity index (χ1v) is 25.8. The standard InChI is InChI=1S/C47H66N2O2S4/c1-7-10-13-16-19-22-25-49-41-33-36-40(32-37(41)47(51)39-28-34(52-5)30-42(53-6)45(39)49)48(4)44-38(46(36)50)29-35(54-26-23-20-17-14-11-8-2)31-43(44)55-27-24-21-18-15-12-9-3/h28-33H,7-27H2,1-6H3. The minimum atomic E-state index is 0.0592. The molecule has 300 valence electrons. The quantitative estimate of drug-likeness (QED) is 0.0332. The van der Waals surface area contributed by atoms with E-state index in [2.05, 4.69) is 79.8 Å². The van der Waals surface area contributed by atoms with Crippen molar-refractivity contribution >= 4 is 90.7 Å². The summed E-state index contributed by atoms with van der Waals surface area (Å²) >= 11 is 7.20. The van der Waals surface area contributed by atoms with Crippen LogP contribution in [0.25, 0.3) is 43.6 Å². The van der Waals surface area contributed by atoms with E-state index in [-0.39, 0.29) is 10.9 Å². The molecule has 0 amide bonds. The predicted octanol–water partition coefficient (Wildman–Crippen LogP) is 14.9. The molecule has 0 aliphatic carbocycles. The molecule has 3 aromatic carbocycles. The van der Waals surface area contributed by atoms with Crippen LogP contribution >= 0.6 is 47.0 Å². The zero-order valence-corrected chi connectivity index (χ0v) is 37.9. The Morgan fingerprint density at radius 3 is 1.56 bits per heavy atom. The summed E-state index contributed by atoms with van der Waals surface area (Å²) in [4.78, 5) is 34.0. The number of rotatable bonds is 25. The number of fused-ring (bicyclic) bond motifs is 4. The molecule has 4 nitrogen and oxygen atoms in total. The second-order valence-corrected chi connectivity index (χ2v) is 19.3. The number of hydrogen-bond donors (Lipinski definition) is 0. The lowest BCUT2D eigenvalue weighted by Crippen LogP contribution is -2.16.